The molecule has 0 aliphatic heterocycles. The molecule has 2 heterocycles. The number of fused-ring (bicyclic) bond motifs is 1. The number of carbonyl (C=O) groups is 2. The van der Waals surface area contributed by atoms with Crippen LogP contribution in [0.15, 0.2) is 16.8 Å². The van der Waals surface area contributed by atoms with Crippen LogP contribution in [-0.2, 0) is 24.2 Å². The van der Waals surface area contributed by atoms with E-state index in [1.807, 2.05) is 12.4 Å². The van der Waals surface area contributed by atoms with Gasteiger partial charge in [0.05, 0.1) is 12.6 Å². The van der Waals surface area contributed by atoms with Crippen LogP contribution in [0.2, 0.25) is 0 Å². The van der Waals surface area contributed by atoms with Crippen LogP contribution in [0.25, 0.3) is 0 Å². The van der Waals surface area contributed by atoms with Gasteiger partial charge < -0.3 is 16.0 Å². The number of aryl methyl sites for hydroxylation is 1. The second-order valence-corrected chi connectivity index (χ2v) is 7.80. The van der Waals surface area contributed by atoms with Crippen molar-refractivity contribution in [3.05, 3.63) is 38.4 Å². The van der Waals surface area contributed by atoms with Gasteiger partial charge in [0.1, 0.15) is 11.5 Å². The maximum absolute atomic E-state index is 12.3. The van der Waals surface area contributed by atoms with E-state index in [1.54, 1.807) is 11.3 Å². The Morgan fingerprint density at radius 3 is 2.91 bits per heavy atom. The van der Waals surface area contributed by atoms with Gasteiger partial charge in [0.25, 0.3) is 11.8 Å². The summed E-state index contributed by atoms with van der Waals surface area (Å²) < 4.78 is 0. The first-order valence-corrected chi connectivity index (χ1v) is 9.37. The van der Waals surface area contributed by atoms with Crippen molar-refractivity contribution < 1.29 is 14.5 Å². The number of amides is 2. The van der Waals surface area contributed by atoms with E-state index in [1.165, 1.54) is 21.8 Å². The summed E-state index contributed by atoms with van der Waals surface area (Å²) in [6.45, 7) is 1.16. The molecule has 0 radical (unpaired) electrons. The van der Waals surface area contributed by atoms with Gasteiger partial charge in [0.15, 0.2) is 6.54 Å². The van der Waals surface area contributed by atoms with Gasteiger partial charge in [0, 0.05) is 10.4 Å². The van der Waals surface area contributed by atoms with Crippen molar-refractivity contribution in [3.63, 3.8) is 0 Å². The highest BCUT2D eigenvalue weighted by molar-refractivity contribution is 7.17. The van der Waals surface area contributed by atoms with E-state index in [9.17, 15) is 9.59 Å². The molecule has 2 aromatic rings. The zero-order chi connectivity index (χ0) is 16.4. The second kappa shape index (κ2) is 6.82. The zero-order valence-electron chi connectivity index (χ0n) is 13.0. The molecule has 0 saturated carbocycles. The van der Waals surface area contributed by atoms with Gasteiger partial charge in [-0.3, -0.25) is 9.59 Å². The standard InChI is InChI=1S/C16H19N3O2S2/c1-19(7-10-5-6-22-9-10)8-13(20)18-16-14(15(17)21)11-3-2-4-12(11)23-16/h5-6,9H,2-4,7-8H2,1H3,(H2,17,21)(H,18,20)/p+1. The van der Waals surface area contributed by atoms with Crippen LogP contribution in [0.5, 0.6) is 0 Å². The lowest BCUT2D eigenvalue weighted by Crippen LogP contribution is -3.08. The smallest absolute Gasteiger partial charge is 0.280 e. The number of anilines is 1. The fraction of sp³-hybridized carbons (Fsp3) is 0.375. The molecule has 2 aromatic heterocycles. The van der Waals surface area contributed by atoms with Crippen LogP contribution < -0.4 is 16.0 Å². The van der Waals surface area contributed by atoms with Crippen molar-refractivity contribution in [1.29, 1.82) is 0 Å². The number of carbonyl (C=O) groups excluding carboxylic acids is 2. The number of likely N-dealkylation sites (N-methyl/N-ethyl adjacent to an activating group) is 1. The first-order valence-electron chi connectivity index (χ1n) is 7.61. The van der Waals surface area contributed by atoms with Gasteiger partial charge in [-0.1, -0.05) is 0 Å². The summed E-state index contributed by atoms with van der Waals surface area (Å²) in [6.07, 6.45) is 2.91. The lowest BCUT2D eigenvalue weighted by Gasteiger charge is -2.13. The van der Waals surface area contributed by atoms with E-state index >= 15 is 0 Å². The first-order chi connectivity index (χ1) is 11.0. The summed E-state index contributed by atoms with van der Waals surface area (Å²) in [5.41, 5.74) is 8.30. The van der Waals surface area contributed by atoms with Crippen LogP contribution in [0, 0.1) is 0 Å². The van der Waals surface area contributed by atoms with Crippen molar-refractivity contribution in [2.75, 3.05) is 18.9 Å². The summed E-state index contributed by atoms with van der Waals surface area (Å²) in [7, 11) is 1.99. The SMILES string of the molecule is C[NH+](CC(=O)Nc1sc2c(c1C(N)=O)CCC2)Cc1ccsc1. The number of thiophene rings is 2. The molecular formula is C16H20N3O2S2+. The maximum atomic E-state index is 12.3. The molecule has 0 spiro atoms. The number of primary amides is 1. The van der Waals surface area contributed by atoms with Gasteiger partial charge in [-0.05, 0) is 41.7 Å². The Kier molecular flexibility index (Phi) is 4.79. The minimum Gasteiger partial charge on any atom is -0.365 e. The van der Waals surface area contributed by atoms with Crippen LogP contribution in [0.4, 0.5) is 5.00 Å². The van der Waals surface area contributed by atoms with Gasteiger partial charge >= 0.3 is 0 Å². The molecule has 1 aliphatic carbocycles. The third-order valence-corrected chi connectivity index (χ3v) is 5.91. The Balaban J connectivity index is 1.65. The van der Waals surface area contributed by atoms with Gasteiger partial charge in [-0.15, -0.1) is 11.3 Å². The summed E-state index contributed by atoms with van der Waals surface area (Å²) >= 11 is 3.16. The maximum Gasteiger partial charge on any atom is 0.280 e. The Bertz CT molecular complexity index is 722. The Labute approximate surface area is 143 Å². The predicted molar refractivity (Wildman–Crippen MR) is 93.3 cm³/mol. The third-order valence-electron chi connectivity index (χ3n) is 3.97. The van der Waals surface area contributed by atoms with E-state index in [0.29, 0.717) is 17.1 Å². The van der Waals surface area contributed by atoms with E-state index in [0.717, 1.165) is 36.3 Å². The number of nitrogens with two attached hydrogens (primary N) is 1. The molecular weight excluding hydrogens is 330 g/mol. The van der Waals surface area contributed by atoms with Crippen molar-refractivity contribution in [1.82, 2.24) is 0 Å². The molecule has 4 N–H and O–H groups in total. The Hall–Kier alpha value is -1.70. The largest absolute Gasteiger partial charge is 0.365 e. The minimum atomic E-state index is -0.446. The average molecular weight is 350 g/mol. The normalized spacial score (nSPS) is 14.5. The monoisotopic (exact) mass is 350 g/mol. The van der Waals surface area contributed by atoms with Crippen LogP contribution in [0.1, 0.15) is 32.8 Å². The molecule has 3 rings (SSSR count). The molecule has 0 fully saturated rings. The van der Waals surface area contributed by atoms with E-state index in [-0.39, 0.29) is 5.91 Å². The lowest BCUT2D eigenvalue weighted by atomic mass is 10.1. The molecule has 7 heteroatoms. The van der Waals surface area contributed by atoms with Crippen LogP contribution >= 0.6 is 22.7 Å². The summed E-state index contributed by atoms with van der Waals surface area (Å²) in [5, 5.41) is 7.64. The Morgan fingerprint density at radius 1 is 1.39 bits per heavy atom. The van der Waals surface area contributed by atoms with Gasteiger partial charge in [0.2, 0.25) is 0 Å². The van der Waals surface area contributed by atoms with E-state index in [2.05, 4.69) is 16.8 Å². The molecule has 2 amide bonds. The minimum absolute atomic E-state index is 0.0832. The highest BCUT2D eigenvalue weighted by atomic mass is 32.1. The molecule has 23 heavy (non-hydrogen) atoms. The van der Waals surface area contributed by atoms with Crippen LogP contribution in [-0.4, -0.2) is 25.4 Å². The lowest BCUT2D eigenvalue weighted by molar-refractivity contribution is -0.885. The van der Waals surface area contributed by atoms with E-state index in [4.69, 9.17) is 5.73 Å². The number of quaternary nitrogens is 1. The molecule has 0 bridgehead atoms. The van der Waals surface area contributed by atoms with Crippen molar-refractivity contribution in [2.24, 2.45) is 5.73 Å². The van der Waals surface area contributed by atoms with E-state index < -0.39 is 5.91 Å². The summed E-state index contributed by atoms with van der Waals surface area (Å²) in [4.78, 5) is 26.3. The highest BCUT2D eigenvalue weighted by Gasteiger charge is 2.26. The average Bonchev–Trinajstić information content (AvgIpc) is 3.14. The topological polar surface area (TPSA) is 76.6 Å². The van der Waals surface area contributed by atoms with Crippen molar-refractivity contribution in [3.8, 4) is 0 Å². The molecule has 1 unspecified atom stereocenters. The number of hydrogen-bond donors (Lipinski definition) is 3. The molecule has 122 valence electrons. The van der Waals surface area contributed by atoms with Gasteiger partial charge in [-0.2, -0.15) is 11.3 Å². The molecule has 0 saturated heterocycles. The fourth-order valence-corrected chi connectivity index (χ4v) is 4.98. The summed E-state index contributed by atoms with van der Waals surface area (Å²) in [6, 6.07) is 2.07. The Morgan fingerprint density at radius 2 is 2.22 bits per heavy atom. The van der Waals surface area contributed by atoms with Crippen molar-refractivity contribution in [2.45, 2.75) is 25.8 Å². The number of nitrogens with one attached hydrogen (secondary N) is 2. The third kappa shape index (κ3) is 3.63. The molecule has 5 nitrogen and oxygen atoms in total. The predicted octanol–water partition coefficient (Wildman–Crippen LogP) is 1.05. The molecule has 1 atom stereocenters. The van der Waals surface area contributed by atoms with Gasteiger partial charge in [-0.25, -0.2) is 0 Å². The molecule has 1 aliphatic rings. The molecule has 0 aromatic carbocycles. The first kappa shape index (κ1) is 16.2. The quantitative estimate of drug-likeness (QED) is 0.728. The second-order valence-electron chi connectivity index (χ2n) is 5.92. The number of hydrogen-bond acceptors (Lipinski definition) is 4. The van der Waals surface area contributed by atoms with Crippen LogP contribution in [0.3, 0.4) is 0 Å². The number of rotatable bonds is 6. The zero-order valence-corrected chi connectivity index (χ0v) is 14.6. The van der Waals surface area contributed by atoms with Crippen molar-refractivity contribution >= 4 is 39.5 Å². The summed E-state index contributed by atoms with van der Waals surface area (Å²) in [5.74, 6) is -0.529. The highest BCUT2D eigenvalue weighted by Crippen LogP contribution is 2.38. The fourth-order valence-electron chi connectivity index (χ4n) is 3.00.